The molecule has 5 nitrogen and oxygen atoms in total. The van der Waals surface area contributed by atoms with Gasteiger partial charge in [0.05, 0.1) is 18.8 Å². The Balaban J connectivity index is 1.69. The molecular formula is C15H28N2O3. The zero-order valence-corrected chi connectivity index (χ0v) is 12.8. The highest BCUT2D eigenvalue weighted by atomic mass is 16.5. The van der Waals surface area contributed by atoms with E-state index in [4.69, 9.17) is 4.74 Å². The summed E-state index contributed by atoms with van der Waals surface area (Å²) in [6.07, 6.45) is 3.31. The lowest BCUT2D eigenvalue weighted by molar-refractivity contribution is -0.123. The first-order chi connectivity index (χ1) is 9.35. The number of ether oxygens (including phenoxy) is 1. The summed E-state index contributed by atoms with van der Waals surface area (Å²) in [5, 5.41) is 16.5. The standard InChI is InChI=1S/C15H28N2O3/c1-15(2,3)7-13(18)16-8-12-14(19)11(9-20-12)17-10-5-4-6-10/h10-12,14,17,19H,4-9H2,1-3H3,(H,16,18). The van der Waals surface area contributed by atoms with E-state index in [1.165, 1.54) is 19.3 Å². The molecule has 0 aromatic rings. The van der Waals surface area contributed by atoms with E-state index < -0.39 is 6.10 Å². The van der Waals surface area contributed by atoms with Crippen molar-refractivity contribution in [2.75, 3.05) is 13.2 Å². The first-order valence-electron chi connectivity index (χ1n) is 7.67. The van der Waals surface area contributed by atoms with Crippen molar-refractivity contribution in [2.45, 2.75) is 70.7 Å². The second-order valence-electron chi connectivity index (χ2n) is 7.30. The van der Waals surface area contributed by atoms with Gasteiger partial charge in [0.15, 0.2) is 0 Å². The lowest BCUT2D eigenvalue weighted by Crippen LogP contribution is -2.50. The molecular weight excluding hydrogens is 256 g/mol. The van der Waals surface area contributed by atoms with E-state index in [1.54, 1.807) is 0 Å². The number of hydrogen-bond acceptors (Lipinski definition) is 4. The zero-order valence-electron chi connectivity index (χ0n) is 12.8. The van der Waals surface area contributed by atoms with Crippen LogP contribution in [0.25, 0.3) is 0 Å². The van der Waals surface area contributed by atoms with Gasteiger partial charge in [0.1, 0.15) is 6.10 Å². The summed E-state index contributed by atoms with van der Waals surface area (Å²) in [7, 11) is 0. The highest BCUT2D eigenvalue weighted by molar-refractivity contribution is 5.76. The molecule has 5 heteroatoms. The summed E-state index contributed by atoms with van der Waals surface area (Å²) in [5.74, 6) is 0.0173. The maximum Gasteiger partial charge on any atom is 0.220 e. The monoisotopic (exact) mass is 284 g/mol. The Morgan fingerprint density at radius 2 is 2.05 bits per heavy atom. The first-order valence-corrected chi connectivity index (χ1v) is 7.67. The summed E-state index contributed by atoms with van der Waals surface area (Å²) in [6.45, 7) is 7.01. The van der Waals surface area contributed by atoms with Gasteiger partial charge in [0.2, 0.25) is 5.91 Å². The predicted octanol–water partition coefficient (Wildman–Crippen LogP) is 0.809. The number of rotatable bonds is 5. The summed E-state index contributed by atoms with van der Waals surface area (Å²) >= 11 is 0. The zero-order chi connectivity index (χ0) is 14.8. The summed E-state index contributed by atoms with van der Waals surface area (Å²) in [4.78, 5) is 11.8. The lowest BCUT2D eigenvalue weighted by Gasteiger charge is -2.30. The van der Waals surface area contributed by atoms with E-state index in [1.807, 2.05) is 20.8 Å². The van der Waals surface area contributed by atoms with Crippen molar-refractivity contribution >= 4 is 5.91 Å². The van der Waals surface area contributed by atoms with Crippen LogP contribution in [0.4, 0.5) is 0 Å². The molecule has 2 rings (SSSR count). The Labute approximate surface area is 121 Å². The summed E-state index contributed by atoms with van der Waals surface area (Å²) in [5.41, 5.74) is -0.0203. The van der Waals surface area contributed by atoms with E-state index in [0.29, 0.717) is 25.6 Å². The van der Waals surface area contributed by atoms with Crippen LogP contribution in [-0.2, 0) is 9.53 Å². The largest absolute Gasteiger partial charge is 0.389 e. The third kappa shape index (κ3) is 4.43. The maximum absolute atomic E-state index is 11.8. The molecule has 1 saturated carbocycles. The molecule has 116 valence electrons. The average molecular weight is 284 g/mol. The van der Waals surface area contributed by atoms with Crippen LogP contribution in [0.15, 0.2) is 0 Å². The van der Waals surface area contributed by atoms with E-state index in [9.17, 15) is 9.90 Å². The second kappa shape index (κ2) is 6.41. The minimum absolute atomic E-state index is 0.00446. The number of carbonyl (C=O) groups is 1. The molecule has 2 fully saturated rings. The molecule has 1 heterocycles. The van der Waals surface area contributed by atoms with Gasteiger partial charge in [-0.1, -0.05) is 27.2 Å². The number of aliphatic hydroxyl groups excluding tert-OH is 1. The quantitative estimate of drug-likeness (QED) is 0.699. The molecule has 3 N–H and O–H groups in total. The highest BCUT2D eigenvalue weighted by Gasteiger charge is 2.37. The molecule has 1 aliphatic heterocycles. The minimum atomic E-state index is -0.537. The van der Waals surface area contributed by atoms with Crippen LogP contribution in [0.5, 0.6) is 0 Å². The van der Waals surface area contributed by atoms with Gasteiger partial charge < -0.3 is 20.5 Å². The summed E-state index contributed by atoms with van der Waals surface area (Å²) < 4.78 is 5.60. The van der Waals surface area contributed by atoms with E-state index in [-0.39, 0.29) is 23.5 Å². The minimum Gasteiger partial charge on any atom is -0.389 e. The van der Waals surface area contributed by atoms with Crippen molar-refractivity contribution in [3.63, 3.8) is 0 Å². The molecule has 2 aliphatic rings. The third-order valence-corrected chi connectivity index (χ3v) is 4.03. The van der Waals surface area contributed by atoms with Crippen molar-refractivity contribution in [1.82, 2.24) is 10.6 Å². The Morgan fingerprint density at radius 3 is 2.60 bits per heavy atom. The molecule has 0 aromatic carbocycles. The molecule has 1 aliphatic carbocycles. The number of carbonyl (C=O) groups excluding carboxylic acids is 1. The van der Waals surface area contributed by atoms with Gasteiger partial charge in [0, 0.05) is 19.0 Å². The molecule has 0 bridgehead atoms. The molecule has 3 atom stereocenters. The normalized spacial score (nSPS) is 31.1. The second-order valence-corrected chi connectivity index (χ2v) is 7.30. The molecule has 0 radical (unpaired) electrons. The van der Waals surface area contributed by atoms with Crippen LogP contribution >= 0.6 is 0 Å². The van der Waals surface area contributed by atoms with Crippen LogP contribution in [0.1, 0.15) is 46.5 Å². The molecule has 0 spiro atoms. The van der Waals surface area contributed by atoms with E-state index in [2.05, 4.69) is 10.6 Å². The number of aliphatic hydroxyl groups is 1. The molecule has 0 aromatic heterocycles. The van der Waals surface area contributed by atoms with Crippen molar-refractivity contribution < 1.29 is 14.6 Å². The fourth-order valence-corrected chi connectivity index (χ4v) is 2.65. The SMILES string of the molecule is CC(C)(C)CC(=O)NCC1OCC(NC2CCC2)C1O. The van der Waals surface area contributed by atoms with Gasteiger partial charge in [-0.3, -0.25) is 4.79 Å². The average Bonchev–Trinajstić information content (AvgIpc) is 2.60. The van der Waals surface area contributed by atoms with Crippen LogP contribution in [0, 0.1) is 5.41 Å². The topological polar surface area (TPSA) is 70.6 Å². The van der Waals surface area contributed by atoms with Gasteiger partial charge in [-0.25, -0.2) is 0 Å². The van der Waals surface area contributed by atoms with Crippen LogP contribution in [0.3, 0.4) is 0 Å². The van der Waals surface area contributed by atoms with Crippen molar-refractivity contribution in [3.8, 4) is 0 Å². The van der Waals surface area contributed by atoms with Crippen LogP contribution < -0.4 is 10.6 Å². The fraction of sp³-hybridized carbons (Fsp3) is 0.933. The third-order valence-electron chi connectivity index (χ3n) is 4.03. The fourth-order valence-electron chi connectivity index (χ4n) is 2.65. The Bertz CT molecular complexity index is 337. The Hall–Kier alpha value is -0.650. The van der Waals surface area contributed by atoms with Crippen molar-refractivity contribution in [2.24, 2.45) is 5.41 Å². The number of hydrogen-bond donors (Lipinski definition) is 3. The molecule has 20 heavy (non-hydrogen) atoms. The van der Waals surface area contributed by atoms with Gasteiger partial charge in [-0.15, -0.1) is 0 Å². The highest BCUT2D eigenvalue weighted by Crippen LogP contribution is 2.22. The predicted molar refractivity (Wildman–Crippen MR) is 77.4 cm³/mol. The maximum atomic E-state index is 11.8. The van der Waals surface area contributed by atoms with Gasteiger partial charge in [0.25, 0.3) is 0 Å². The number of amides is 1. The summed E-state index contributed by atoms with van der Waals surface area (Å²) in [6, 6.07) is 0.539. The molecule has 1 saturated heterocycles. The van der Waals surface area contributed by atoms with Gasteiger partial charge in [-0.05, 0) is 18.3 Å². The molecule has 1 amide bonds. The Kier molecular flexibility index (Phi) is 5.04. The first kappa shape index (κ1) is 15.7. The van der Waals surface area contributed by atoms with Gasteiger partial charge in [-0.2, -0.15) is 0 Å². The van der Waals surface area contributed by atoms with Gasteiger partial charge >= 0.3 is 0 Å². The van der Waals surface area contributed by atoms with Crippen molar-refractivity contribution in [3.05, 3.63) is 0 Å². The number of nitrogens with one attached hydrogen (secondary N) is 2. The Morgan fingerprint density at radius 1 is 1.35 bits per heavy atom. The van der Waals surface area contributed by atoms with Crippen LogP contribution in [0.2, 0.25) is 0 Å². The molecule has 3 unspecified atom stereocenters. The lowest BCUT2D eigenvalue weighted by atomic mass is 9.91. The van der Waals surface area contributed by atoms with E-state index >= 15 is 0 Å². The van der Waals surface area contributed by atoms with Crippen LogP contribution in [-0.4, -0.2) is 48.5 Å². The smallest absolute Gasteiger partial charge is 0.220 e. The van der Waals surface area contributed by atoms with Crippen molar-refractivity contribution in [1.29, 1.82) is 0 Å². The van der Waals surface area contributed by atoms with E-state index in [0.717, 1.165) is 0 Å².